The van der Waals surface area contributed by atoms with Crippen LogP contribution >= 0.6 is 34.7 Å². The summed E-state index contributed by atoms with van der Waals surface area (Å²) in [5.41, 5.74) is 0.747. The summed E-state index contributed by atoms with van der Waals surface area (Å²) in [5, 5.41) is 11.3. The van der Waals surface area contributed by atoms with Gasteiger partial charge in [-0.05, 0) is 42.6 Å². The van der Waals surface area contributed by atoms with Crippen LogP contribution in [0.15, 0.2) is 52.0 Å². The molecular formula is C15H12ClN3OS2. The molecule has 0 N–H and O–H groups in total. The monoisotopic (exact) mass is 349 g/mol. The first-order chi connectivity index (χ1) is 10.6. The van der Waals surface area contributed by atoms with Gasteiger partial charge in [0.15, 0.2) is 5.17 Å². The summed E-state index contributed by atoms with van der Waals surface area (Å²) in [5.74, 6) is -0.00241. The Hall–Kier alpha value is -1.63. The van der Waals surface area contributed by atoms with Crippen LogP contribution in [0.1, 0.15) is 11.8 Å². The molecule has 0 spiro atoms. The molecule has 112 valence electrons. The number of halogens is 1. The van der Waals surface area contributed by atoms with E-state index in [2.05, 4.69) is 10.2 Å². The fourth-order valence-electron chi connectivity index (χ4n) is 1.93. The number of benzene rings is 1. The molecule has 1 saturated heterocycles. The van der Waals surface area contributed by atoms with Crippen molar-refractivity contribution in [2.75, 3.05) is 4.90 Å². The Kier molecular flexibility index (Phi) is 4.61. The molecule has 4 nitrogen and oxygen atoms in total. The minimum absolute atomic E-state index is 0.00241. The molecule has 1 aliphatic heterocycles. The Balaban J connectivity index is 1.88. The minimum atomic E-state index is -0.175. The predicted octanol–water partition coefficient (Wildman–Crippen LogP) is 4.26. The van der Waals surface area contributed by atoms with Gasteiger partial charge in [0.25, 0.3) is 0 Å². The maximum Gasteiger partial charge on any atom is 0.246 e. The van der Waals surface area contributed by atoms with Gasteiger partial charge in [0.2, 0.25) is 5.91 Å². The van der Waals surface area contributed by atoms with E-state index in [1.165, 1.54) is 11.8 Å². The third-order valence-electron chi connectivity index (χ3n) is 3.00. The van der Waals surface area contributed by atoms with E-state index in [0.29, 0.717) is 10.2 Å². The Morgan fingerprint density at radius 1 is 1.27 bits per heavy atom. The number of thiophene rings is 1. The Labute approximate surface area is 141 Å². The third-order valence-corrected chi connectivity index (χ3v) is 5.09. The fraction of sp³-hybridized carbons (Fsp3) is 0.133. The first-order valence-corrected chi connectivity index (χ1v) is 8.69. The summed E-state index contributed by atoms with van der Waals surface area (Å²) in [7, 11) is 0. The highest BCUT2D eigenvalue weighted by Gasteiger charge is 2.36. The van der Waals surface area contributed by atoms with Crippen LogP contribution in [0.4, 0.5) is 5.69 Å². The quantitative estimate of drug-likeness (QED) is 0.614. The molecule has 1 amide bonds. The van der Waals surface area contributed by atoms with Crippen molar-refractivity contribution in [1.82, 2.24) is 0 Å². The normalized spacial score (nSPS) is 20.5. The van der Waals surface area contributed by atoms with Gasteiger partial charge in [0, 0.05) is 9.90 Å². The molecule has 0 radical (unpaired) electrons. The topological polar surface area (TPSA) is 45.0 Å². The first-order valence-electron chi connectivity index (χ1n) is 6.56. The molecule has 7 heteroatoms. The van der Waals surface area contributed by atoms with Gasteiger partial charge < -0.3 is 0 Å². The van der Waals surface area contributed by atoms with E-state index in [4.69, 9.17) is 11.6 Å². The second-order valence-electron chi connectivity index (χ2n) is 4.55. The average Bonchev–Trinajstić information content (AvgIpc) is 3.10. The van der Waals surface area contributed by atoms with Crippen molar-refractivity contribution in [3.63, 3.8) is 0 Å². The van der Waals surface area contributed by atoms with Gasteiger partial charge in [-0.3, -0.25) is 9.69 Å². The number of thioether (sulfide) groups is 1. The average molecular weight is 350 g/mol. The van der Waals surface area contributed by atoms with Crippen molar-refractivity contribution in [2.24, 2.45) is 10.2 Å². The molecule has 2 aromatic rings. The van der Waals surface area contributed by atoms with Gasteiger partial charge in [-0.15, -0.1) is 16.4 Å². The van der Waals surface area contributed by atoms with Gasteiger partial charge in [0.05, 0.1) is 17.2 Å². The fourth-order valence-corrected chi connectivity index (χ4v) is 3.56. The Morgan fingerprint density at radius 3 is 2.73 bits per heavy atom. The number of rotatable bonds is 3. The SMILES string of the molecule is C[C@H]1S/C(=N/N=C\c2cccs2)N(c2ccc(Cl)cc2)C1=O. The smallest absolute Gasteiger partial charge is 0.246 e. The molecule has 1 aromatic heterocycles. The van der Waals surface area contributed by atoms with E-state index in [0.717, 1.165) is 10.6 Å². The summed E-state index contributed by atoms with van der Waals surface area (Å²) in [6.45, 7) is 1.86. The number of hydrogen-bond donors (Lipinski definition) is 0. The van der Waals surface area contributed by atoms with Gasteiger partial charge in [-0.2, -0.15) is 5.10 Å². The molecule has 1 aromatic carbocycles. The highest BCUT2D eigenvalue weighted by molar-refractivity contribution is 8.16. The molecule has 0 saturated carbocycles. The van der Waals surface area contributed by atoms with E-state index >= 15 is 0 Å². The van der Waals surface area contributed by atoms with E-state index in [1.54, 1.807) is 46.7 Å². The lowest BCUT2D eigenvalue weighted by molar-refractivity contribution is -0.116. The predicted molar refractivity (Wildman–Crippen MR) is 95.3 cm³/mol. The van der Waals surface area contributed by atoms with Crippen LogP contribution < -0.4 is 4.90 Å². The van der Waals surface area contributed by atoms with E-state index < -0.39 is 0 Å². The Bertz CT molecular complexity index is 726. The lowest BCUT2D eigenvalue weighted by Crippen LogP contribution is -2.31. The third kappa shape index (κ3) is 3.24. The highest BCUT2D eigenvalue weighted by Crippen LogP contribution is 2.32. The van der Waals surface area contributed by atoms with Crippen molar-refractivity contribution in [2.45, 2.75) is 12.2 Å². The maximum atomic E-state index is 12.3. The van der Waals surface area contributed by atoms with Crippen molar-refractivity contribution < 1.29 is 4.79 Å². The summed E-state index contributed by atoms with van der Waals surface area (Å²) in [6.07, 6.45) is 1.69. The molecule has 1 atom stereocenters. The lowest BCUT2D eigenvalue weighted by Gasteiger charge is -2.15. The Morgan fingerprint density at radius 2 is 2.05 bits per heavy atom. The second kappa shape index (κ2) is 6.64. The number of anilines is 1. The molecular weight excluding hydrogens is 338 g/mol. The lowest BCUT2D eigenvalue weighted by atomic mass is 10.3. The van der Waals surface area contributed by atoms with Crippen LogP contribution in [-0.4, -0.2) is 22.5 Å². The molecule has 2 heterocycles. The zero-order valence-corrected chi connectivity index (χ0v) is 14.0. The maximum absolute atomic E-state index is 12.3. The molecule has 0 unspecified atom stereocenters. The number of amidine groups is 1. The molecule has 1 fully saturated rings. The number of carbonyl (C=O) groups excluding carboxylic acids is 1. The standard InChI is InChI=1S/C15H12ClN3OS2/c1-10-14(20)19(12-6-4-11(16)5-7-12)15(22-10)18-17-9-13-3-2-8-21-13/h2-10H,1H3/b17-9-,18-15+/t10-/m1/s1. The van der Waals surface area contributed by atoms with Gasteiger partial charge in [-0.1, -0.05) is 29.4 Å². The number of hydrogen-bond acceptors (Lipinski definition) is 5. The zero-order chi connectivity index (χ0) is 15.5. The largest absolute Gasteiger partial charge is 0.273 e. The molecule has 0 aliphatic carbocycles. The summed E-state index contributed by atoms with van der Waals surface area (Å²) in [6, 6.07) is 11.0. The molecule has 3 rings (SSSR count). The van der Waals surface area contributed by atoms with E-state index in [1.807, 2.05) is 24.4 Å². The van der Waals surface area contributed by atoms with Crippen molar-refractivity contribution in [1.29, 1.82) is 0 Å². The van der Waals surface area contributed by atoms with Crippen molar-refractivity contribution >= 4 is 57.7 Å². The first kappa shape index (κ1) is 15.3. The van der Waals surface area contributed by atoms with Gasteiger partial charge >= 0.3 is 0 Å². The zero-order valence-electron chi connectivity index (χ0n) is 11.6. The summed E-state index contributed by atoms with van der Waals surface area (Å²) < 4.78 is 0. The summed E-state index contributed by atoms with van der Waals surface area (Å²) in [4.78, 5) is 14.9. The van der Waals surface area contributed by atoms with Crippen LogP contribution in [-0.2, 0) is 4.79 Å². The number of amides is 1. The molecule has 0 bridgehead atoms. The second-order valence-corrected chi connectivity index (χ2v) is 7.28. The van der Waals surface area contributed by atoms with Crippen molar-refractivity contribution in [3.05, 3.63) is 51.7 Å². The van der Waals surface area contributed by atoms with Crippen LogP contribution in [0.25, 0.3) is 0 Å². The summed E-state index contributed by atoms with van der Waals surface area (Å²) >= 11 is 8.88. The van der Waals surface area contributed by atoms with Crippen LogP contribution in [0.2, 0.25) is 5.02 Å². The number of carbonyl (C=O) groups is 1. The van der Waals surface area contributed by atoms with Crippen LogP contribution in [0.5, 0.6) is 0 Å². The highest BCUT2D eigenvalue weighted by atomic mass is 35.5. The molecule has 1 aliphatic rings. The number of nitrogens with zero attached hydrogens (tertiary/aromatic N) is 3. The van der Waals surface area contributed by atoms with Crippen LogP contribution in [0, 0.1) is 0 Å². The van der Waals surface area contributed by atoms with Gasteiger partial charge in [0.1, 0.15) is 0 Å². The minimum Gasteiger partial charge on any atom is -0.273 e. The van der Waals surface area contributed by atoms with Crippen molar-refractivity contribution in [3.8, 4) is 0 Å². The van der Waals surface area contributed by atoms with E-state index in [-0.39, 0.29) is 11.2 Å². The van der Waals surface area contributed by atoms with Crippen LogP contribution in [0.3, 0.4) is 0 Å². The molecule has 22 heavy (non-hydrogen) atoms. The van der Waals surface area contributed by atoms with Gasteiger partial charge in [-0.25, -0.2) is 0 Å². The van der Waals surface area contributed by atoms with E-state index in [9.17, 15) is 4.79 Å².